The lowest BCUT2D eigenvalue weighted by Gasteiger charge is -2.06. The van der Waals surface area contributed by atoms with E-state index in [-0.39, 0.29) is 6.42 Å². The Morgan fingerprint density at radius 3 is 2.61 bits per heavy atom. The molecule has 0 saturated carbocycles. The van der Waals surface area contributed by atoms with Gasteiger partial charge in [-0.25, -0.2) is 0 Å². The van der Waals surface area contributed by atoms with Crippen LogP contribution < -0.4 is 0 Å². The summed E-state index contributed by atoms with van der Waals surface area (Å²) in [5.41, 5.74) is 4.29. The van der Waals surface area contributed by atoms with E-state index in [9.17, 15) is 9.90 Å². The predicted molar refractivity (Wildman–Crippen MR) is 94.5 cm³/mol. The second-order valence-corrected chi connectivity index (χ2v) is 6.25. The van der Waals surface area contributed by atoms with Crippen molar-refractivity contribution in [2.75, 3.05) is 0 Å². The fourth-order valence-electron chi connectivity index (χ4n) is 2.77. The molecule has 0 aliphatic carbocycles. The highest BCUT2D eigenvalue weighted by atomic mass is 35.5. The third-order valence-electron chi connectivity index (χ3n) is 3.91. The molecule has 0 fully saturated rings. The van der Waals surface area contributed by atoms with Crippen LogP contribution in [0.25, 0.3) is 22.2 Å². The van der Waals surface area contributed by atoms with Gasteiger partial charge in [0.2, 0.25) is 0 Å². The van der Waals surface area contributed by atoms with E-state index in [0.717, 1.165) is 39.7 Å². The number of fused-ring (bicyclic) bond motifs is 1. The number of hydrogen-bond acceptors (Lipinski definition) is 1. The van der Waals surface area contributed by atoms with Gasteiger partial charge in [0.05, 0.1) is 17.1 Å². The molecule has 0 amide bonds. The molecule has 0 saturated heterocycles. The summed E-state index contributed by atoms with van der Waals surface area (Å²) in [7, 11) is 0. The van der Waals surface area contributed by atoms with Crippen molar-refractivity contribution in [1.82, 2.24) is 4.98 Å². The Balaban J connectivity index is 2.28. The predicted octanol–water partition coefficient (Wildman–Crippen LogP) is 5.33. The molecule has 0 spiro atoms. The van der Waals surface area contributed by atoms with E-state index in [4.69, 9.17) is 23.2 Å². The van der Waals surface area contributed by atoms with Crippen LogP contribution in [-0.2, 0) is 17.6 Å². The summed E-state index contributed by atoms with van der Waals surface area (Å²) < 4.78 is 0. The van der Waals surface area contributed by atoms with Gasteiger partial charge in [-0.15, -0.1) is 0 Å². The Morgan fingerprint density at radius 1 is 1.17 bits per heavy atom. The maximum Gasteiger partial charge on any atom is 0.307 e. The number of carbonyl (C=O) groups is 1. The zero-order valence-electron chi connectivity index (χ0n) is 12.5. The zero-order chi connectivity index (χ0) is 16.6. The highest BCUT2D eigenvalue weighted by molar-refractivity contribution is 6.36. The number of rotatable bonds is 4. The van der Waals surface area contributed by atoms with Crippen LogP contribution in [0.4, 0.5) is 0 Å². The third kappa shape index (κ3) is 3.07. The van der Waals surface area contributed by atoms with Gasteiger partial charge < -0.3 is 10.1 Å². The van der Waals surface area contributed by atoms with E-state index in [1.165, 1.54) is 0 Å². The SMILES string of the molecule is CCc1ccc2[nH]c(-c3ccc(Cl)cc3Cl)c(CC(=O)O)c2c1. The van der Waals surface area contributed by atoms with Crippen molar-refractivity contribution in [3.8, 4) is 11.3 Å². The molecule has 3 nitrogen and oxygen atoms in total. The number of carboxylic acid groups (broad SMARTS) is 1. The van der Waals surface area contributed by atoms with E-state index in [2.05, 4.69) is 11.9 Å². The molecule has 0 atom stereocenters. The number of carboxylic acids is 1. The molecule has 2 aromatic carbocycles. The van der Waals surface area contributed by atoms with Crippen molar-refractivity contribution in [1.29, 1.82) is 0 Å². The largest absolute Gasteiger partial charge is 0.481 e. The first-order valence-electron chi connectivity index (χ1n) is 7.30. The molecule has 0 radical (unpaired) electrons. The second kappa shape index (κ2) is 6.26. The summed E-state index contributed by atoms with van der Waals surface area (Å²) in [6, 6.07) is 11.3. The van der Waals surface area contributed by atoms with Gasteiger partial charge in [0.25, 0.3) is 0 Å². The summed E-state index contributed by atoms with van der Waals surface area (Å²) in [6.45, 7) is 2.07. The van der Waals surface area contributed by atoms with E-state index in [1.807, 2.05) is 24.3 Å². The Kier molecular flexibility index (Phi) is 4.33. The first-order valence-corrected chi connectivity index (χ1v) is 8.06. The number of nitrogens with one attached hydrogen (secondary N) is 1. The molecule has 0 aliphatic rings. The highest BCUT2D eigenvalue weighted by Gasteiger charge is 2.18. The van der Waals surface area contributed by atoms with Gasteiger partial charge in [-0.1, -0.05) is 36.2 Å². The molecule has 23 heavy (non-hydrogen) atoms. The molecule has 5 heteroatoms. The number of aliphatic carboxylic acids is 1. The Morgan fingerprint density at radius 2 is 1.96 bits per heavy atom. The van der Waals surface area contributed by atoms with Crippen molar-refractivity contribution >= 4 is 40.1 Å². The average Bonchev–Trinajstić information content (AvgIpc) is 2.84. The number of aromatic amines is 1. The molecule has 1 heterocycles. The molecule has 3 rings (SSSR count). The van der Waals surface area contributed by atoms with Crippen LogP contribution in [-0.4, -0.2) is 16.1 Å². The number of hydrogen-bond donors (Lipinski definition) is 2. The third-order valence-corrected chi connectivity index (χ3v) is 4.46. The fraction of sp³-hybridized carbons (Fsp3) is 0.167. The van der Waals surface area contributed by atoms with Crippen molar-refractivity contribution < 1.29 is 9.90 Å². The summed E-state index contributed by atoms with van der Waals surface area (Å²) in [5, 5.41) is 11.2. The van der Waals surface area contributed by atoms with Crippen LogP contribution >= 0.6 is 23.2 Å². The monoisotopic (exact) mass is 347 g/mol. The van der Waals surface area contributed by atoms with Gasteiger partial charge >= 0.3 is 5.97 Å². The molecule has 2 N–H and O–H groups in total. The summed E-state index contributed by atoms with van der Waals surface area (Å²) >= 11 is 12.3. The number of aromatic nitrogens is 1. The maximum absolute atomic E-state index is 11.3. The van der Waals surface area contributed by atoms with Gasteiger partial charge in [0.1, 0.15) is 0 Å². The number of aryl methyl sites for hydroxylation is 1. The lowest BCUT2D eigenvalue weighted by atomic mass is 10.0. The Hall–Kier alpha value is -1.97. The minimum Gasteiger partial charge on any atom is -0.481 e. The first-order chi connectivity index (χ1) is 11.0. The van der Waals surface area contributed by atoms with Crippen LogP contribution in [0.5, 0.6) is 0 Å². The first kappa shape index (κ1) is 15.9. The average molecular weight is 348 g/mol. The smallest absolute Gasteiger partial charge is 0.307 e. The van der Waals surface area contributed by atoms with Crippen molar-refractivity contribution in [2.45, 2.75) is 19.8 Å². The second-order valence-electron chi connectivity index (χ2n) is 5.41. The molecule has 118 valence electrons. The maximum atomic E-state index is 11.3. The zero-order valence-corrected chi connectivity index (χ0v) is 14.0. The van der Waals surface area contributed by atoms with Crippen molar-refractivity contribution in [2.24, 2.45) is 0 Å². The minimum absolute atomic E-state index is 0.0680. The van der Waals surface area contributed by atoms with E-state index < -0.39 is 5.97 Å². The van der Waals surface area contributed by atoms with E-state index in [1.54, 1.807) is 12.1 Å². The molecule has 0 aliphatic heterocycles. The highest BCUT2D eigenvalue weighted by Crippen LogP contribution is 2.36. The van der Waals surface area contributed by atoms with E-state index in [0.29, 0.717) is 10.0 Å². The lowest BCUT2D eigenvalue weighted by molar-refractivity contribution is -0.136. The van der Waals surface area contributed by atoms with Crippen molar-refractivity contribution in [3.63, 3.8) is 0 Å². The normalized spacial score (nSPS) is 11.1. The van der Waals surface area contributed by atoms with Crippen LogP contribution in [0, 0.1) is 0 Å². The Bertz CT molecular complexity index is 899. The molecule has 1 aromatic heterocycles. The van der Waals surface area contributed by atoms with Crippen LogP contribution in [0.3, 0.4) is 0 Å². The van der Waals surface area contributed by atoms with Gasteiger partial charge in [0, 0.05) is 21.5 Å². The van der Waals surface area contributed by atoms with Gasteiger partial charge in [-0.3, -0.25) is 4.79 Å². The quantitative estimate of drug-likeness (QED) is 0.669. The summed E-state index contributed by atoms with van der Waals surface area (Å²) in [5.74, 6) is -0.876. The molecular formula is C18H15Cl2NO2. The van der Waals surface area contributed by atoms with Crippen LogP contribution in [0.15, 0.2) is 36.4 Å². The van der Waals surface area contributed by atoms with Crippen molar-refractivity contribution in [3.05, 3.63) is 57.6 Å². The van der Waals surface area contributed by atoms with Gasteiger partial charge in [-0.05, 0) is 47.9 Å². The molecule has 3 aromatic rings. The van der Waals surface area contributed by atoms with E-state index >= 15 is 0 Å². The number of H-pyrrole nitrogens is 1. The van der Waals surface area contributed by atoms with Gasteiger partial charge in [-0.2, -0.15) is 0 Å². The molecular weight excluding hydrogens is 333 g/mol. The summed E-state index contributed by atoms with van der Waals surface area (Å²) in [6.07, 6.45) is 0.826. The van der Waals surface area contributed by atoms with Crippen LogP contribution in [0.2, 0.25) is 10.0 Å². The summed E-state index contributed by atoms with van der Waals surface area (Å²) in [4.78, 5) is 14.6. The Labute approximate surface area is 143 Å². The number of halogens is 2. The van der Waals surface area contributed by atoms with Gasteiger partial charge in [0.15, 0.2) is 0 Å². The topological polar surface area (TPSA) is 53.1 Å². The fourth-order valence-corrected chi connectivity index (χ4v) is 3.27. The van der Waals surface area contributed by atoms with Crippen LogP contribution in [0.1, 0.15) is 18.1 Å². The molecule has 0 bridgehead atoms. The number of benzene rings is 2. The molecule has 0 unspecified atom stereocenters. The lowest BCUT2D eigenvalue weighted by Crippen LogP contribution is -2.01. The minimum atomic E-state index is -0.876. The standard InChI is InChI=1S/C18H15Cl2NO2/c1-2-10-3-6-16-13(7-10)14(9-17(22)23)18(21-16)12-5-4-11(19)8-15(12)20/h3-8,21H,2,9H2,1H3,(H,22,23).